The number of nitrogen functional groups attached to an aromatic ring is 1. The van der Waals surface area contributed by atoms with Gasteiger partial charge in [0.05, 0.1) is 5.41 Å². The first-order valence-electron chi connectivity index (χ1n) is 11.0. The molecule has 0 radical (unpaired) electrons. The topological polar surface area (TPSA) is 143 Å². The minimum atomic E-state index is -1.07. The maximum absolute atomic E-state index is 14.2. The van der Waals surface area contributed by atoms with Crippen LogP contribution in [-0.4, -0.2) is 34.8 Å². The second-order valence-electron chi connectivity index (χ2n) is 8.03. The zero-order valence-electron chi connectivity index (χ0n) is 19.9. The molecule has 1 heterocycles. The Morgan fingerprint density at radius 1 is 1.20 bits per heavy atom. The molecule has 0 saturated heterocycles. The SMILES string of the molecule is CCC[C@H](NC(=O)C(CC)(CC)Cc1ccc(C(=O)Oc2ccc(C(=N)N)cc2F)s1)C(=O)O.Cl. The van der Waals surface area contributed by atoms with Crippen molar-refractivity contribution in [2.75, 3.05) is 0 Å². The van der Waals surface area contributed by atoms with E-state index >= 15 is 0 Å². The maximum Gasteiger partial charge on any atom is 0.353 e. The van der Waals surface area contributed by atoms with Gasteiger partial charge in [0.1, 0.15) is 16.8 Å². The number of carbonyl (C=O) groups is 3. The van der Waals surface area contributed by atoms with Crippen LogP contribution in [0.2, 0.25) is 0 Å². The third-order valence-corrected chi connectivity index (χ3v) is 6.90. The second-order valence-corrected chi connectivity index (χ2v) is 9.20. The van der Waals surface area contributed by atoms with Crippen LogP contribution in [0, 0.1) is 16.6 Å². The van der Waals surface area contributed by atoms with Crippen molar-refractivity contribution in [2.45, 2.75) is 58.9 Å². The molecule has 0 aliphatic carbocycles. The number of rotatable bonds is 12. The van der Waals surface area contributed by atoms with E-state index in [2.05, 4.69) is 5.32 Å². The Morgan fingerprint density at radius 2 is 1.86 bits per heavy atom. The Balaban J connectivity index is 0.00000612. The predicted octanol–water partition coefficient (Wildman–Crippen LogP) is 4.53. The fourth-order valence-electron chi connectivity index (χ4n) is 3.58. The van der Waals surface area contributed by atoms with Crippen LogP contribution in [0.4, 0.5) is 4.39 Å². The van der Waals surface area contributed by atoms with Crippen molar-refractivity contribution in [1.29, 1.82) is 5.41 Å². The number of amides is 1. The minimum Gasteiger partial charge on any atom is -0.480 e. The molecule has 11 heteroatoms. The van der Waals surface area contributed by atoms with E-state index in [1.807, 2.05) is 20.8 Å². The number of aliphatic carboxylic acids is 1. The number of esters is 1. The number of halogens is 2. The third-order valence-electron chi connectivity index (χ3n) is 5.84. The van der Waals surface area contributed by atoms with Gasteiger partial charge in [-0.2, -0.15) is 0 Å². The zero-order chi connectivity index (χ0) is 25.5. The smallest absolute Gasteiger partial charge is 0.353 e. The number of thiophene rings is 1. The molecule has 0 fully saturated rings. The molecule has 0 aliphatic rings. The Hall–Kier alpha value is -2.98. The molecule has 5 N–H and O–H groups in total. The Kier molecular flexibility index (Phi) is 11.3. The molecule has 1 amide bonds. The molecule has 0 aliphatic heterocycles. The van der Waals surface area contributed by atoms with Crippen LogP contribution in [0.25, 0.3) is 0 Å². The van der Waals surface area contributed by atoms with Crippen molar-refractivity contribution in [3.63, 3.8) is 0 Å². The number of nitrogens with one attached hydrogen (secondary N) is 2. The summed E-state index contributed by atoms with van der Waals surface area (Å²) in [5.41, 5.74) is 4.67. The first-order valence-corrected chi connectivity index (χ1v) is 11.9. The van der Waals surface area contributed by atoms with Gasteiger partial charge in [-0.15, -0.1) is 23.7 Å². The molecule has 0 unspecified atom stereocenters. The van der Waals surface area contributed by atoms with E-state index in [0.717, 1.165) is 22.3 Å². The number of nitrogens with two attached hydrogens (primary N) is 1. The summed E-state index contributed by atoms with van der Waals surface area (Å²) in [6, 6.07) is 5.94. The van der Waals surface area contributed by atoms with Crippen molar-refractivity contribution in [2.24, 2.45) is 11.1 Å². The second kappa shape index (κ2) is 13.2. The lowest BCUT2D eigenvalue weighted by Gasteiger charge is -2.31. The van der Waals surface area contributed by atoms with Crippen LogP contribution in [0.1, 0.15) is 66.6 Å². The van der Waals surface area contributed by atoms with Gasteiger partial charge in [-0.25, -0.2) is 14.0 Å². The van der Waals surface area contributed by atoms with Gasteiger partial charge in [0.2, 0.25) is 5.91 Å². The molecule has 1 atom stereocenters. The van der Waals surface area contributed by atoms with Crippen LogP contribution in [-0.2, 0) is 16.0 Å². The average Bonchev–Trinajstić information content (AvgIpc) is 3.26. The molecule has 192 valence electrons. The lowest BCUT2D eigenvalue weighted by molar-refractivity contribution is -0.144. The molecule has 0 bridgehead atoms. The van der Waals surface area contributed by atoms with Crippen LogP contribution in [0.3, 0.4) is 0 Å². The number of carboxylic acids is 1. The van der Waals surface area contributed by atoms with Crippen molar-refractivity contribution in [3.8, 4) is 5.75 Å². The summed E-state index contributed by atoms with van der Waals surface area (Å²) in [6.45, 7) is 5.59. The molecular formula is C24H31ClFN3O5S. The van der Waals surface area contributed by atoms with Crippen LogP contribution in [0.15, 0.2) is 30.3 Å². The highest BCUT2D eigenvalue weighted by Gasteiger charge is 2.37. The molecule has 35 heavy (non-hydrogen) atoms. The molecule has 2 aromatic rings. The molecule has 1 aromatic carbocycles. The van der Waals surface area contributed by atoms with E-state index in [-0.39, 0.29) is 40.3 Å². The normalized spacial score (nSPS) is 11.8. The number of ether oxygens (including phenoxy) is 1. The van der Waals surface area contributed by atoms with Crippen molar-refractivity contribution in [1.82, 2.24) is 5.32 Å². The van der Waals surface area contributed by atoms with Gasteiger partial charge in [0.25, 0.3) is 0 Å². The first-order chi connectivity index (χ1) is 16.1. The predicted molar refractivity (Wildman–Crippen MR) is 135 cm³/mol. The first kappa shape index (κ1) is 30.1. The molecule has 1 aromatic heterocycles. The van der Waals surface area contributed by atoms with Crippen molar-refractivity contribution in [3.05, 3.63) is 51.5 Å². The van der Waals surface area contributed by atoms with E-state index in [1.54, 1.807) is 12.1 Å². The summed E-state index contributed by atoms with van der Waals surface area (Å²) in [7, 11) is 0. The summed E-state index contributed by atoms with van der Waals surface area (Å²) in [5, 5.41) is 19.4. The minimum absolute atomic E-state index is 0. The average molecular weight is 528 g/mol. The van der Waals surface area contributed by atoms with Gasteiger partial charge in [0, 0.05) is 10.4 Å². The fraction of sp³-hybridized carbons (Fsp3) is 0.417. The Labute approximate surface area is 214 Å². The number of hydrogen-bond acceptors (Lipinski definition) is 6. The highest BCUT2D eigenvalue weighted by molar-refractivity contribution is 7.14. The number of benzene rings is 1. The van der Waals surface area contributed by atoms with E-state index in [0.29, 0.717) is 32.1 Å². The molecular weight excluding hydrogens is 497 g/mol. The maximum atomic E-state index is 14.2. The number of amidine groups is 1. The third kappa shape index (κ3) is 7.50. The monoisotopic (exact) mass is 527 g/mol. The lowest BCUT2D eigenvalue weighted by atomic mass is 9.77. The van der Waals surface area contributed by atoms with E-state index in [9.17, 15) is 23.9 Å². The fourth-order valence-corrected chi connectivity index (χ4v) is 4.60. The summed E-state index contributed by atoms with van der Waals surface area (Å²) in [4.78, 5) is 38.1. The van der Waals surface area contributed by atoms with E-state index in [1.165, 1.54) is 12.1 Å². The molecule has 0 saturated carbocycles. The van der Waals surface area contributed by atoms with Crippen LogP contribution < -0.4 is 15.8 Å². The quantitative estimate of drug-likeness (QED) is 0.138. The van der Waals surface area contributed by atoms with Gasteiger partial charge in [-0.05, 0) is 56.0 Å². The molecule has 2 rings (SSSR count). The number of hydrogen-bond donors (Lipinski definition) is 4. The highest BCUT2D eigenvalue weighted by Crippen LogP contribution is 2.34. The van der Waals surface area contributed by atoms with Gasteiger partial charge in [0.15, 0.2) is 11.6 Å². The van der Waals surface area contributed by atoms with Crippen molar-refractivity contribution < 1.29 is 28.6 Å². The van der Waals surface area contributed by atoms with Gasteiger partial charge >= 0.3 is 11.9 Å². The number of carbonyl (C=O) groups excluding carboxylic acids is 2. The molecule has 0 spiro atoms. The zero-order valence-corrected chi connectivity index (χ0v) is 21.5. The summed E-state index contributed by atoms with van der Waals surface area (Å²) in [5.74, 6) is -3.54. The van der Waals surface area contributed by atoms with E-state index in [4.69, 9.17) is 15.9 Å². The summed E-state index contributed by atoms with van der Waals surface area (Å²) in [6.07, 6.45) is 2.25. The van der Waals surface area contributed by atoms with Gasteiger partial charge in [-0.3, -0.25) is 10.2 Å². The number of carboxylic acid groups (broad SMARTS) is 1. The van der Waals surface area contributed by atoms with E-state index < -0.39 is 29.2 Å². The van der Waals surface area contributed by atoms with Crippen molar-refractivity contribution >= 4 is 47.4 Å². The Bertz CT molecular complexity index is 1070. The van der Waals surface area contributed by atoms with Crippen LogP contribution >= 0.6 is 23.7 Å². The summed E-state index contributed by atoms with van der Waals surface area (Å²) < 4.78 is 19.4. The lowest BCUT2D eigenvalue weighted by Crippen LogP contribution is -2.49. The molecule has 8 nitrogen and oxygen atoms in total. The highest BCUT2D eigenvalue weighted by atomic mass is 35.5. The Morgan fingerprint density at radius 3 is 2.37 bits per heavy atom. The van der Waals surface area contributed by atoms with Gasteiger partial charge < -0.3 is 20.9 Å². The van der Waals surface area contributed by atoms with Crippen LogP contribution in [0.5, 0.6) is 5.75 Å². The van der Waals surface area contributed by atoms with Gasteiger partial charge in [-0.1, -0.05) is 27.2 Å². The standard InChI is InChI=1S/C24H30FN3O5S.ClH/c1-4-7-17(21(29)30)28-23(32)24(5-2,6-3)13-15-9-11-19(34-15)22(31)33-18-10-8-14(20(26)27)12-16(18)25;/h8-12,17H,4-7,13H2,1-3H3,(H3,26,27)(H,28,32)(H,29,30);1H/t17-;/m0./s1. The largest absolute Gasteiger partial charge is 0.480 e. The summed E-state index contributed by atoms with van der Waals surface area (Å²) >= 11 is 1.14.